The number of hydrazine groups is 1. The minimum absolute atomic E-state index is 0.112. The molecule has 0 aliphatic carbocycles. The fourth-order valence-electron chi connectivity index (χ4n) is 2.16. The summed E-state index contributed by atoms with van der Waals surface area (Å²) < 4.78 is 18.3. The van der Waals surface area contributed by atoms with Gasteiger partial charge in [-0.3, -0.25) is 11.3 Å². The number of benzene rings is 1. The van der Waals surface area contributed by atoms with Gasteiger partial charge in [-0.05, 0) is 30.5 Å². The molecule has 5 heteroatoms. The van der Waals surface area contributed by atoms with E-state index < -0.39 is 0 Å². The first-order chi connectivity index (χ1) is 8.20. The molecule has 1 heterocycles. The van der Waals surface area contributed by atoms with E-state index in [1.807, 2.05) is 0 Å². The summed E-state index contributed by atoms with van der Waals surface area (Å²) in [6.45, 7) is 1.49. The van der Waals surface area contributed by atoms with Crippen LogP contribution in [0.15, 0.2) is 18.2 Å². The van der Waals surface area contributed by atoms with Crippen LogP contribution >= 0.6 is 11.6 Å². The summed E-state index contributed by atoms with van der Waals surface area (Å²) in [7, 11) is 0. The van der Waals surface area contributed by atoms with Gasteiger partial charge in [0.15, 0.2) is 0 Å². The van der Waals surface area contributed by atoms with E-state index in [4.69, 9.17) is 22.2 Å². The summed E-state index contributed by atoms with van der Waals surface area (Å²) in [5.41, 5.74) is 3.71. The lowest BCUT2D eigenvalue weighted by Gasteiger charge is -2.21. The second kappa shape index (κ2) is 5.78. The number of rotatable bonds is 4. The van der Waals surface area contributed by atoms with E-state index >= 15 is 0 Å². The monoisotopic (exact) mass is 258 g/mol. The Kier molecular flexibility index (Phi) is 4.34. The highest BCUT2D eigenvalue weighted by Crippen LogP contribution is 2.23. The van der Waals surface area contributed by atoms with Gasteiger partial charge in [-0.25, -0.2) is 4.39 Å². The molecule has 2 rings (SSSR count). The van der Waals surface area contributed by atoms with Gasteiger partial charge in [-0.15, -0.1) is 0 Å². The molecule has 17 heavy (non-hydrogen) atoms. The lowest BCUT2D eigenvalue weighted by Crippen LogP contribution is -2.42. The van der Waals surface area contributed by atoms with Gasteiger partial charge in [-0.1, -0.05) is 17.7 Å². The van der Waals surface area contributed by atoms with Crippen LogP contribution in [-0.2, 0) is 11.2 Å². The summed E-state index contributed by atoms with van der Waals surface area (Å²) in [5, 5.41) is 0.448. The first kappa shape index (κ1) is 12.8. The number of nitrogens with two attached hydrogens (primary N) is 1. The molecule has 2 atom stereocenters. The lowest BCUT2D eigenvalue weighted by atomic mass is 9.93. The molecular formula is C12H16ClFN2O. The third kappa shape index (κ3) is 3.16. The average molecular weight is 259 g/mol. The van der Waals surface area contributed by atoms with Crippen molar-refractivity contribution >= 4 is 11.6 Å². The first-order valence-corrected chi connectivity index (χ1v) is 6.06. The van der Waals surface area contributed by atoms with Crippen molar-refractivity contribution in [3.05, 3.63) is 34.6 Å². The normalized spacial score (nSPS) is 21.7. The van der Waals surface area contributed by atoms with E-state index in [2.05, 4.69) is 5.43 Å². The molecule has 0 amide bonds. The number of nitrogens with one attached hydrogen (secondary N) is 1. The highest BCUT2D eigenvalue weighted by molar-refractivity contribution is 6.31. The van der Waals surface area contributed by atoms with E-state index in [9.17, 15) is 4.39 Å². The summed E-state index contributed by atoms with van der Waals surface area (Å²) in [6, 6.07) is 4.56. The fraction of sp³-hybridized carbons (Fsp3) is 0.500. The van der Waals surface area contributed by atoms with Crippen molar-refractivity contribution in [1.82, 2.24) is 5.43 Å². The van der Waals surface area contributed by atoms with Crippen LogP contribution in [0.1, 0.15) is 12.0 Å². The molecule has 0 radical (unpaired) electrons. The molecule has 3 N–H and O–H groups in total. The highest BCUT2D eigenvalue weighted by Gasteiger charge is 2.25. The zero-order valence-corrected chi connectivity index (χ0v) is 10.2. The molecule has 1 aliphatic heterocycles. The fourth-order valence-corrected chi connectivity index (χ4v) is 2.40. The number of hydrogen-bond donors (Lipinski definition) is 2. The Morgan fingerprint density at radius 2 is 2.41 bits per heavy atom. The third-order valence-electron chi connectivity index (χ3n) is 3.20. The van der Waals surface area contributed by atoms with Gasteiger partial charge in [0.2, 0.25) is 0 Å². The van der Waals surface area contributed by atoms with Crippen molar-refractivity contribution < 1.29 is 9.13 Å². The third-order valence-corrected chi connectivity index (χ3v) is 3.55. The van der Waals surface area contributed by atoms with Crippen LogP contribution in [0.4, 0.5) is 4.39 Å². The highest BCUT2D eigenvalue weighted by atomic mass is 35.5. The molecule has 1 aliphatic rings. The van der Waals surface area contributed by atoms with Crippen LogP contribution < -0.4 is 11.3 Å². The van der Waals surface area contributed by atoms with Crippen molar-refractivity contribution in [1.29, 1.82) is 0 Å². The van der Waals surface area contributed by atoms with Crippen LogP contribution in [0.5, 0.6) is 0 Å². The minimum Gasteiger partial charge on any atom is -0.381 e. The van der Waals surface area contributed by atoms with Crippen LogP contribution in [0.2, 0.25) is 5.02 Å². The van der Waals surface area contributed by atoms with Crippen molar-refractivity contribution in [2.75, 3.05) is 13.2 Å². The quantitative estimate of drug-likeness (QED) is 0.641. The minimum atomic E-state index is -0.319. The van der Waals surface area contributed by atoms with Crippen molar-refractivity contribution in [3.8, 4) is 0 Å². The summed E-state index contributed by atoms with van der Waals surface area (Å²) in [4.78, 5) is 0. The Balaban J connectivity index is 2.06. The van der Waals surface area contributed by atoms with Crippen molar-refractivity contribution in [3.63, 3.8) is 0 Å². The molecule has 2 unspecified atom stereocenters. The van der Waals surface area contributed by atoms with E-state index in [1.54, 1.807) is 6.07 Å². The summed E-state index contributed by atoms with van der Waals surface area (Å²) in [5.74, 6) is 5.63. The lowest BCUT2D eigenvalue weighted by molar-refractivity contribution is 0.176. The molecule has 94 valence electrons. The molecule has 0 aromatic heterocycles. The molecule has 3 nitrogen and oxygen atoms in total. The molecule has 1 fully saturated rings. The zero-order valence-electron chi connectivity index (χ0n) is 9.46. The van der Waals surface area contributed by atoms with E-state index in [0.29, 0.717) is 24.0 Å². The molecule has 0 spiro atoms. The number of hydrogen-bond acceptors (Lipinski definition) is 3. The van der Waals surface area contributed by atoms with Gasteiger partial charge < -0.3 is 4.74 Å². The smallest absolute Gasteiger partial charge is 0.124 e. The standard InChI is InChI=1S/C12H16ClFN2O/c13-11-6-10(14)2-1-8(11)5-12(16-15)9-3-4-17-7-9/h1-2,6,9,12,16H,3-5,7,15H2. The van der Waals surface area contributed by atoms with Crippen LogP contribution in [0.3, 0.4) is 0 Å². The van der Waals surface area contributed by atoms with Gasteiger partial charge in [0.25, 0.3) is 0 Å². The van der Waals surface area contributed by atoms with E-state index in [1.165, 1.54) is 12.1 Å². The maximum Gasteiger partial charge on any atom is 0.124 e. The van der Waals surface area contributed by atoms with Crippen LogP contribution in [-0.4, -0.2) is 19.3 Å². The van der Waals surface area contributed by atoms with Crippen molar-refractivity contribution in [2.45, 2.75) is 18.9 Å². The SMILES string of the molecule is NNC(Cc1ccc(F)cc1Cl)C1CCOC1. The topological polar surface area (TPSA) is 47.3 Å². The largest absolute Gasteiger partial charge is 0.381 e. The molecule has 1 saturated heterocycles. The maximum atomic E-state index is 12.9. The predicted octanol–water partition coefficient (Wildman–Crippen LogP) is 1.89. The van der Waals surface area contributed by atoms with Crippen LogP contribution in [0, 0.1) is 11.7 Å². The molecule has 0 saturated carbocycles. The Hall–Kier alpha value is -0.680. The molecule has 1 aromatic rings. The van der Waals surface area contributed by atoms with Gasteiger partial charge >= 0.3 is 0 Å². The zero-order chi connectivity index (χ0) is 12.3. The average Bonchev–Trinajstić information content (AvgIpc) is 2.81. The van der Waals surface area contributed by atoms with Gasteiger partial charge in [0, 0.05) is 23.6 Å². The Labute approximate surface area is 105 Å². The van der Waals surface area contributed by atoms with Crippen LogP contribution in [0.25, 0.3) is 0 Å². The summed E-state index contributed by atoms with van der Waals surface area (Å²) in [6.07, 6.45) is 1.68. The second-order valence-corrected chi connectivity index (χ2v) is 4.74. The maximum absolute atomic E-state index is 12.9. The van der Waals surface area contributed by atoms with Gasteiger partial charge in [0.05, 0.1) is 6.61 Å². The Morgan fingerprint density at radius 3 is 3.00 bits per heavy atom. The second-order valence-electron chi connectivity index (χ2n) is 4.34. The molecule has 1 aromatic carbocycles. The Bertz CT molecular complexity index is 383. The first-order valence-electron chi connectivity index (χ1n) is 5.68. The van der Waals surface area contributed by atoms with Gasteiger partial charge in [0.1, 0.15) is 5.82 Å². The number of ether oxygens (including phenoxy) is 1. The van der Waals surface area contributed by atoms with Crippen molar-refractivity contribution in [2.24, 2.45) is 11.8 Å². The van der Waals surface area contributed by atoms with E-state index in [0.717, 1.165) is 18.6 Å². The van der Waals surface area contributed by atoms with E-state index in [-0.39, 0.29) is 11.9 Å². The molecular weight excluding hydrogens is 243 g/mol. The van der Waals surface area contributed by atoms with Gasteiger partial charge in [-0.2, -0.15) is 0 Å². The summed E-state index contributed by atoms with van der Waals surface area (Å²) >= 11 is 6.00. The number of halogens is 2. The molecule has 0 bridgehead atoms. The predicted molar refractivity (Wildman–Crippen MR) is 65.2 cm³/mol. The Morgan fingerprint density at radius 1 is 1.59 bits per heavy atom.